The average Bonchev–Trinajstić information content (AvgIpc) is 3.04. The molecule has 1 saturated heterocycles. The van der Waals surface area contributed by atoms with E-state index in [2.05, 4.69) is 25.7 Å². The molecular formula is C20H26ClN5O3S. The maximum absolute atomic E-state index is 12.2. The van der Waals surface area contributed by atoms with Crippen LogP contribution in [0, 0.1) is 0 Å². The second-order valence-electron chi connectivity index (χ2n) is 7.06. The van der Waals surface area contributed by atoms with Crippen LogP contribution in [0.2, 0.25) is 5.02 Å². The van der Waals surface area contributed by atoms with Gasteiger partial charge in [0.05, 0.1) is 0 Å². The normalized spacial score (nSPS) is 14.8. The number of amides is 2. The summed E-state index contributed by atoms with van der Waals surface area (Å²) in [6.45, 7) is 3.78. The van der Waals surface area contributed by atoms with E-state index in [0.29, 0.717) is 22.3 Å². The van der Waals surface area contributed by atoms with Gasteiger partial charge in [0.15, 0.2) is 0 Å². The number of carbonyl (C=O) groups is 2. The zero-order valence-electron chi connectivity index (χ0n) is 16.7. The minimum absolute atomic E-state index is 0.0520. The summed E-state index contributed by atoms with van der Waals surface area (Å²) in [6, 6.07) is 6.86. The smallest absolute Gasteiger partial charge is 0.286 e. The molecule has 0 aliphatic carbocycles. The lowest BCUT2D eigenvalue weighted by molar-refractivity contribution is -0.126. The first-order valence-corrected chi connectivity index (χ1v) is 11.3. The van der Waals surface area contributed by atoms with Crippen molar-refractivity contribution >= 4 is 40.4 Å². The Hall–Kier alpha value is -2.07. The Kier molecular flexibility index (Phi) is 9.00. The van der Waals surface area contributed by atoms with Crippen molar-refractivity contribution in [3.63, 3.8) is 0 Å². The molecule has 0 radical (unpaired) electrons. The molecule has 2 amide bonds. The molecule has 1 fully saturated rings. The summed E-state index contributed by atoms with van der Waals surface area (Å²) in [7, 11) is 0. The molecule has 0 saturated carbocycles. The fourth-order valence-electron chi connectivity index (χ4n) is 3.15. The number of benzene rings is 1. The second-order valence-corrected chi connectivity index (χ2v) is 8.56. The molecule has 2 aromatic rings. The summed E-state index contributed by atoms with van der Waals surface area (Å²) in [5.74, 6) is -0.527. The molecule has 0 bridgehead atoms. The standard InChI is InChI=1S/C20H26ClN5O3S/c21-15-6-5-7-16(12-15)23-19(28)20-25-24-18(30-20)14-29-13-17(27)22-8-11-26-9-3-1-2-4-10-26/h5-7,12H,1-4,8-11,13-14H2,(H,22,27)(H,23,28). The van der Waals surface area contributed by atoms with Gasteiger partial charge in [0, 0.05) is 23.8 Å². The van der Waals surface area contributed by atoms with Crippen molar-refractivity contribution in [1.82, 2.24) is 20.4 Å². The molecule has 0 atom stereocenters. The third-order valence-corrected chi connectivity index (χ3v) is 5.78. The number of rotatable bonds is 9. The molecule has 1 aliphatic rings. The summed E-state index contributed by atoms with van der Waals surface area (Å²) in [6.07, 6.45) is 5.06. The topological polar surface area (TPSA) is 96.5 Å². The largest absolute Gasteiger partial charge is 0.364 e. The number of hydrogen-bond donors (Lipinski definition) is 2. The van der Waals surface area contributed by atoms with Crippen LogP contribution in [0.25, 0.3) is 0 Å². The van der Waals surface area contributed by atoms with Crippen molar-refractivity contribution in [3.8, 4) is 0 Å². The fraction of sp³-hybridized carbons (Fsp3) is 0.500. The van der Waals surface area contributed by atoms with Crippen molar-refractivity contribution in [2.45, 2.75) is 32.3 Å². The molecule has 30 heavy (non-hydrogen) atoms. The number of ether oxygens (including phenoxy) is 1. The van der Waals surface area contributed by atoms with Crippen LogP contribution in [0.3, 0.4) is 0 Å². The van der Waals surface area contributed by atoms with Gasteiger partial charge in [-0.15, -0.1) is 10.2 Å². The maximum Gasteiger partial charge on any atom is 0.286 e. The van der Waals surface area contributed by atoms with Crippen LogP contribution in [0.4, 0.5) is 5.69 Å². The Labute approximate surface area is 185 Å². The number of aromatic nitrogens is 2. The predicted octanol–water partition coefficient (Wildman–Crippen LogP) is 2.95. The average molecular weight is 452 g/mol. The van der Waals surface area contributed by atoms with E-state index in [1.54, 1.807) is 24.3 Å². The number of halogens is 1. The zero-order valence-corrected chi connectivity index (χ0v) is 18.3. The van der Waals surface area contributed by atoms with Crippen LogP contribution in [0.5, 0.6) is 0 Å². The second kappa shape index (κ2) is 11.9. The first kappa shape index (κ1) is 22.6. The maximum atomic E-state index is 12.2. The van der Waals surface area contributed by atoms with E-state index in [0.717, 1.165) is 31.0 Å². The van der Waals surface area contributed by atoms with Crippen LogP contribution >= 0.6 is 22.9 Å². The van der Waals surface area contributed by atoms with E-state index in [-0.39, 0.29) is 30.0 Å². The van der Waals surface area contributed by atoms with Crippen LogP contribution < -0.4 is 10.6 Å². The van der Waals surface area contributed by atoms with Gasteiger partial charge in [0.2, 0.25) is 10.9 Å². The van der Waals surface area contributed by atoms with Crippen molar-refractivity contribution in [3.05, 3.63) is 39.3 Å². The van der Waals surface area contributed by atoms with Gasteiger partial charge < -0.3 is 20.3 Å². The summed E-state index contributed by atoms with van der Waals surface area (Å²) in [4.78, 5) is 26.6. The predicted molar refractivity (Wildman–Crippen MR) is 117 cm³/mol. The lowest BCUT2D eigenvalue weighted by Crippen LogP contribution is -2.36. The lowest BCUT2D eigenvalue weighted by atomic mass is 10.2. The van der Waals surface area contributed by atoms with Gasteiger partial charge in [0.1, 0.15) is 18.2 Å². The van der Waals surface area contributed by atoms with Crippen molar-refractivity contribution in [1.29, 1.82) is 0 Å². The van der Waals surface area contributed by atoms with E-state index < -0.39 is 0 Å². The monoisotopic (exact) mass is 451 g/mol. The lowest BCUT2D eigenvalue weighted by Gasteiger charge is -2.19. The number of anilines is 1. The van der Waals surface area contributed by atoms with Crippen molar-refractivity contribution in [2.75, 3.05) is 38.1 Å². The highest BCUT2D eigenvalue weighted by atomic mass is 35.5. The van der Waals surface area contributed by atoms with Gasteiger partial charge in [-0.1, -0.05) is 41.8 Å². The molecule has 10 heteroatoms. The van der Waals surface area contributed by atoms with Gasteiger partial charge in [-0.3, -0.25) is 9.59 Å². The number of nitrogens with zero attached hydrogens (tertiary/aromatic N) is 3. The molecule has 1 aromatic heterocycles. The molecular weight excluding hydrogens is 426 g/mol. The molecule has 2 N–H and O–H groups in total. The molecule has 2 heterocycles. The van der Waals surface area contributed by atoms with Crippen LogP contribution in [0.1, 0.15) is 40.5 Å². The Morgan fingerprint density at radius 2 is 1.97 bits per heavy atom. The Balaban J connectivity index is 1.33. The van der Waals surface area contributed by atoms with E-state index in [1.807, 2.05) is 0 Å². The fourth-order valence-corrected chi connectivity index (χ4v) is 4.01. The number of hydrogen-bond acceptors (Lipinski definition) is 7. The third-order valence-electron chi connectivity index (χ3n) is 4.65. The molecule has 3 rings (SSSR count). The number of likely N-dealkylation sites (tertiary alicyclic amines) is 1. The Morgan fingerprint density at radius 1 is 1.17 bits per heavy atom. The zero-order chi connectivity index (χ0) is 21.2. The van der Waals surface area contributed by atoms with Gasteiger partial charge in [-0.05, 0) is 44.1 Å². The first-order valence-electron chi connectivity index (χ1n) is 10.1. The SMILES string of the molecule is O=C(COCc1nnc(C(=O)Nc2cccc(Cl)c2)s1)NCCN1CCCCCC1. The summed E-state index contributed by atoms with van der Waals surface area (Å²) in [5.41, 5.74) is 0.581. The van der Waals surface area contributed by atoms with E-state index >= 15 is 0 Å². The highest BCUT2D eigenvalue weighted by molar-refractivity contribution is 7.13. The van der Waals surface area contributed by atoms with E-state index in [1.165, 1.54) is 25.7 Å². The number of carbonyl (C=O) groups excluding carboxylic acids is 2. The van der Waals surface area contributed by atoms with Gasteiger partial charge in [-0.2, -0.15) is 0 Å². The highest BCUT2D eigenvalue weighted by Crippen LogP contribution is 2.17. The summed E-state index contributed by atoms with van der Waals surface area (Å²) < 4.78 is 5.40. The van der Waals surface area contributed by atoms with Crippen LogP contribution in [-0.2, 0) is 16.1 Å². The molecule has 0 unspecified atom stereocenters. The summed E-state index contributed by atoms with van der Waals surface area (Å²) >= 11 is 7.03. The van der Waals surface area contributed by atoms with E-state index in [9.17, 15) is 9.59 Å². The minimum atomic E-state index is -0.368. The third kappa shape index (κ3) is 7.64. The molecule has 8 nitrogen and oxygen atoms in total. The van der Waals surface area contributed by atoms with Crippen LogP contribution in [0.15, 0.2) is 24.3 Å². The first-order chi connectivity index (χ1) is 14.6. The molecule has 0 spiro atoms. The van der Waals surface area contributed by atoms with Crippen molar-refractivity contribution < 1.29 is 14.3 Å². The van der Waals surface area contributed by atoms with Gasteiger partial charge in [-0.25, -0.2) is 0 Å². The Morgan fingerprint density at radius 3 is 2.73 bits per heavy atom. The van der Waals surface area contributed by atoms with Gasteiger partial charge >= 0.3 is 0 Å². The highest BCUT2D eigenvalue weighted by Gasteiger charge is 2.14. The Bertz CT molecular complexity index is 839. The van der Waals surface area contributed by atoms with E-state index in [4.69, 9.17) is 16.3 Å². The number of nitrogens with one attached hydrogen (secondary N) is 2. The molecule has 1 aliphatic heterocycles. The molecule has 162 valence electrons. The molecule has 1 aromatic carbocycles. The summed E-state index contributed by atoms with van der Waals surface area (Å²) in [5, 5.41) is 14.7. The van der Waals surface area contributed by atoms with Crippen LogP contribution in [-0.4, -0.2) is 59.7 Å². The minimum Gasteiger partial charge on any atom is -0.364 e. The van der Waals surface area contributed by atoms with Gasteiger partial charge in [0.25, 0.3) is 5.91 Å². The quantitative estimate of drug-likeness (QED) is 0.608. The van der Waals surface area contributed by atoms with Crippen molar-refractivity contribution in [2.24, 2.45) is 0 Å².